The number of nitrogens with one attached hydrogen (secondary N) is 4. The van der Waals surface area contributed by atoms with Crippen molar-refractivity contribution in [1.82, 2.24) is 21.3 Å². The maximum absolute atomic E-state index is 13.4. The fourth-order valence-electron chi connectivity index (χ4n) is 6.00. The Bertz CT molecular complexity index is 1700. The lowest BCUT2D eigenvalue weighted by atomic mass is 10.0. The second kappa shape index (κ2) is 25.1. The number of esters is 1. The third-order valence-corrected chi connectivity index (χ3v) is 10.6. The number of urea groups is 1. The minimum Gasteiger partial charge on any atom is -0.461 e. The molecule has 1 saturated heterocycles. The van der Waals surface area contributed by atoms with Gasteiger partial charge < -0.3 is 45.9 Å². The Balaban J connectivity index is 1.03. The molecule has 0 aromatic heterocycles. The van der Waals surface area contributed by atoms with Crippen LogP contribution in [-0.4, -0.2) is 112 Å². The average Bonchev–Trinajstić information content (AvgIpc) is 3.95. The highest BCUT2D eigenvalue weighted by atomic mass is 32.2. The van der Waals surface area contributed by atoms with Gasteiger partial charge >= 0.3 is 23.8 Å². The van der Waals surface area contributed by atoms with Crippen LogP contribution in [0.1, 0.15) is 66.4 Å². The van der Waals surface area contributed by atoms with E-state index >= 15 is 0 Å². The van der Waals surface area contributed by atoms with Crippen LogP contribution in [0.5, 0.6) is 0 Å². The topological polar surface area (TPSA) is 221 Å². The van der Waals surface area contributed by atoms with Crippen molar-refractivity contribution in [3.05, 3.63) is 77.7 Å². The van der Waals surface area contributed by atoms with Crippen molar-refractivity contribution in [1.29, 1.82) is 0 Å². The predicted octanol–water partition coefficient (Wildman–Crippen LogP) is 4.08. The Kier molecular flexibility index (Phi) is 20.0. The van der Waals surface area contributed by atoms with Gasteiger partial charge in [-0.15, -0.1) is 10.2 Å². The molecule has 1 radical (unpaired) electrons. The summed E-state index contributed by atoms with van der Waals surface area (Å²) >= 11 is 1.78. The van der Waals surface area contributed by atoms with Gasteiger partial charge in [0.15, 0.2) is 0 Å². The third-order valence-electron chi connectivity index (χ3n) is 9.29. The van der Waals surface area contributed by atoms with Crippen molar-refractivity contribution in [3.8, 4) is 0 Å². The van der Waals surface area contributed by atoms with Crippen molar-refractivity contribution < 1.29 is 56.1 Å². The van der Waals surface area contributed by atoms with Crippen LogP contribution in [0.2, 0.25) is 0 Å². The smallest absolute Gasteiger partial charge is 0.442 e. The highest BCUT2D eigenvalue weighted by Crippen LogP contribution is 2.52. The molecule has 0 saturated carbocycles. The van der Waals surface area contributed by atoms with Crippen LogP contribution in [0.4, 0.5) is 18.0 Å². The molecule has 2 aliphatic heterocycles. The molecule has 2 aliphatic rings. The van der Waals surface area contributed by atoms with Gasteiger partial charge in [0.25, 0.3) is 5.91 Å². The minimum atomic E-state index is -4.73. The molecule has 2 aromatic carbocycles. The van der Waals surface area contributed by atoms with Gasteiger partial charge in [0.1, 0.15) is 12.6 Å². The highest BCUT2D eigenvalue weighted by Gasteiger charge is 2.65. The van der Waals surface area contributed by atoms with Gasteiger partial charge in [0, 0.05) is 55.1 Å². The van der Waals surface area contributed by atoms with Gasteiger partial charge in [-0.05, 0) is 55.6 Å². The molecule has 5 amide bonds. The number of alkyl halides is 3. The van der Waals surface area contributed by atoms with Crippen molar-refractivity contribution in [2.45, 2.75) is 80.7 Å². The van der Waals surface area contributed by atoms with Crippen LogP contribution in [0, 0.1) is 6.42 Å². The lowest BCUT2D eigenvalue weighted by Crippen LogP contribution is -2.48. The molecule has 2 aromatic rings. The van der Waals surface area contributed by atoms with Crippen LogP contribution in [0.15, 0.2) is 64.8 Å². The summed E-state index contributed by atoms with van der Waals surface area (Å²) in [5.41, 5.74) is 3.02. The zero-order valence-corrected chi connectivity index (χ0v) is 34.0. The maximum Gasteiger partial charge on any atom is 0.442 e. The monoisotopic (exact) mass is 864 g/mol. The fraction of sp³-hybridized carbons (Fsp3) is 0.550. The number of thioether (sulfide) groups is 1. The van der Waals surface area contributed by atoms with Gasteiger partial charge in [-0.2, -0.15) is 24.9 Å². The van der Waals surface area contributed by atoms with Gasteiger partial charge in [-0.3, -0.25) is 19.2 Å². The number of nitrogens with zero attached hydrogens (tertiary/aromatic N) is 2. The predicted molar refractivity (Wildman–Crippen MR) is 214 cm³/mol. The second-order valence-corrected chi connectivity index (χ2v) is 15.2. The molecule has 0 bridgehead atoms. The lowest BCUT2D eigenvalue weighted by Gasteiger charge is -2.19. The summed E-state index contributed by atoms with van der Waals surface area (Å²) in [6, 6.07) is 11.5. The number of carbonyl (C=O) groups excluding carboxylic acids is 5. The summed E-state index contributed by atoms with van der Waals surface area (Å²) in [5, 5.41) is 17.4. The Morgan fingerprint density at radius 2 is 1.47 bits per heavy atom. The number of benzene rings is 2. The Labute approximate surface area is 351 Å². The maximum atomic E-state index is 13.4. The van der Waals surface area contributed by atoms with Crippen LogP contribution >= 0.6 is 11.8 Å². The molecular formula is C40H53F3N7O9S. The normalized spacial score (nSPS) is 17.1. The van der Waals surface area contributed by atoms with E-state index in [2.05, 4.69) is 37.9 Å². The van der Waals surface area contributed by atoms with E-state index in [1.165, 1.54) is 0 Å². The van der Waals surface area contributed by atoms with E-state index in [1.54, 1.807) is 42.1 Å². The lowest BCUT2D eigenvalue weighted by molar-refractivity contribution is -0.166. The van der Waals surface area contributed by atoms with Crippen LogP contribution in [-0.2, 0) is 45.6 Å². The number of primary amides is 1. The molecule has 16 nitrogen and oxygen atoms in total. The number of carbonyl (C=O) groups is 5. The second-order valence-electron chi connectivity index (χ2n) is 13.9. The molecule has 0 aliphatic carbocycles. The first-order chi connectivity index (χ1) is 28.9. The number of halogens is 3. The molecule has 4 rings (SSSR count). The zero-order chi connectivity index (χ0) is 43.2. The molecule has 329 valence electrons. The molecule has 1 fully saturated rings. The van der Waals surface area contributed by atoms with E-state index in [0.717, 1.165) is 54.8 Å². The first-order valence-corrected chi connectivity index (χ1v) is 20.8. The molecule has 20 heteroatoms. The number of amides is 5. The quantitative estimate of drug-likeness (QED) is 0.0610. The summed E-state index contributed by atoms with van der Waals surface area (Å²) in [6.45, 7) is 2.78. The Hall–Kier alpha value is -4.79. The van der Waals surface area contributed by atoms with E-state index in [0.29, 0.717) is 65.4 Å². The molecule has 60 heavy (non-hydrogen) atoms. The van der Waals surface area contributed by atoms with Crippen LogP contribution in [0.25, 0.3) is 0 Å². The first-order valence-electron chi connectivity index (χ1n) is 19.8. The van der Waals surface area contributed by atoms with Crippen molar-refractivity contribution in [2.24, 2.45) is 16.0 Å². The van der Waals surface area contributed by atoms with E-state index in [1.807, 2.05) is 0 Å². The minimum absolute atomic E-state index is 0.000961. The van der Waals surface area contributed by atoms with E-state index in [-0.39, 0.29) is 41.5 Å². The zero-order valence-electron chi connectivity index (χ0n) is 33.2. The van der Waals surface area contributed by atoms with E-state index in [9.17, 15) is 37.1 Å². The largest absolute Gasteiger partial charge is 0.461 e. The van der Waals surface area contributed by atoms with Crippen molar-refractivity contribution >= 4 is 41.5 Å². The SMILES string of the molecule is NC(=O)N[C@H]1[CH]CS[C@H]1CCCCC(=O)NCCCOCCOCCOCCCNC(=O)[C@@H](CC(=O)OCc1ccccc1)NC(=O)c1ccc(C2(C(F)(F)F)N=N2)cc1. The Morgan fingerprint density at radius 1 is 0.833 bits per heavy atom. The van der Waals surface area contributed by atoms with Crippen molar-refractivity contribution in [2.75, 3.05) is 58.5 Å². The number of hydrogen-bond donors (Lipinski definition) is 5. The number of hydrogen-bond acceptors (Lipinski definition) is 12. The number of unbranched alkanes of at least 4 members (excludes halogenated alkanes) is 1. The van der Waals surface area contributed by atoms with Crippen LogP contribution < -0.4 is 27.0 Å². The van der Waals surface area contributed by atoms with Gasteiger partial charge in [0.2, 0.25) is 11.8 Å². The fourth-order valence-corrected chi connectivity index (χ4v) is 7.29. The summed E-state index contributed by atoms with van der Waals surface area (Å²) in [5.74, 6) is -1.31. The standard InChI is InChI=1S/C40H53F3N7O9S/c41-40(42,43)39(49-50-39)30-14-12-29(13-15-30)36(53)47-32(26-35(52)59-27-28-8-2-1-3-9-28)37(54)46-18-7-20-57-22-24-58-23-21-56-19-6-17-45-34(51)11-5-4-10-33-31(16-25-60-33)48-38(44)55/h1-3,8-9,12-16,31-33H,4-7,10-11,17-27H2,(H,45,51)(H,46,54)(H,47,53)(H3,44,48,55)/t31-,32+,33-/m0/s1. The van der Waals surface area contributed by atoms with E-state index < -0.39 is 48.1 Å². The number of ether oxygens (including phenoxy) is 4. The molecule has 6 N–H and O–H groups in total. The summed E-state index contributed by atoms with van der Waals surface area (Å²) < 4.78 is 62.0. The summed E-state index contributed by atoms with van der Waals surface area (Å²) in [7, 11) is 0. The number of rotatable bonds is 28. The van der Waals surface area contributed by atoms with Gasteiger partial charge in [0.05, 0.1) is 32.8 Å². The molecule has 3 atom stereocenters. The first kappa shape index (κ1) is 47.9. The van der Waals surface area contributed by atoms with Crippen LogP contribution in [0.3, 0.4) is 0 Å². The summed E-state index contributed by atoms with van der Waals surface area (Å²) in [6.07, 6.45) is 0.933. The van der Waals surface area contributed by atoms with Crippen molar-refractivity contribution in [3.63, 3.8) is 0 Å². The Morgan fingerprint density at radius 3 is 2.08 bits per heavy atom. The van der Waals surface area contributed by atoms with Gasteiger partial charge in [-0.25, -0.2) is 4.79 Å². The highest BCUT2D eigenvalue weighted by molar-refractivity contribution is 8.00. The summed E-state index contributed by atoms with van der Waals surface area (Å²) in [4.78, 5) is 62.0. The third kappa shape index (κ3) is 16.7. The van der Waals surface area contributed by atoms with E-state index in [4.69, 9.17) is 24.7 Å². The molecule has 0 unspecified atom stereocenters. The molecule has 0 spiro atoms. The average molecular weight is 865 g/mol. The molecule has 2 heterocycles. The molecular weight excluding hydrogens is 812 g/mol. The number of nitrogens with two attached hydrogens (primary N) is 1. The van der Waals surface area contributed by atoms with Gasteiger partial charge in [-0.1, -0.05) is 48.9 Å².